The molecule has 3 nitrogen and oxygen atoms in total. The predicted octanol–water partition coefficient (Wildman–Crippen LogP) is 1.42. The smallest absolute Gasteiger partial charge is 0.182 e. The van der Waals surface area contributed by atoms with Gasteiger partial charge in [0.05, 0.1) is 12.2 Å². The average Bonchev–Trinajstić information content (AvgIpc) is 2.48. The highest BCUT2D eigenvalue weighted by atomic mass is 32.1. The Kier molecular flexibility index (Phi) is 2.92. The van der Waals surface area contributed by atoms with Crippen LogP contribution in [0.25, 0.3) is 0 Å². The second-order valence-electron chi connectivity index (χ2n) is 1.98. The summed E-state index contributed by atoms with van der Waals surface area (Å²) in [6.07, 6.45) is 1.67. The molecule has 0 spiro atoms. The lowest BCUT2D eigenvalue weighted by molar-refractivity contribution is 0.847. The van der Waals surface area contributed by atoms with E-state index in [9.17, 15) is 0 Å². The predicted molar refractivity (Wildman–Crippen MR) is 48.7 cm³/mol. The highest BCUT2D eigenvalue weighted by molar-refractivity contribution is 7.13. The van der Waals surface area contributed by atoms with Gasteiger partial charge < -0.3 is 10.6 Å². The van der Waals surface area contributed by atoms with Gasteiger partial charge in [0.25, 0.3) is 0 Å². The van der Waals surface area contributed by atoms with E-state index in [1.165, 1.54) is 0 Å². The van der Waals surface area contributed by atoms with Crippen molar-refractivity contribution in [3.8, 4) is 0 Å². The summed E-state index contributed by atoms with van der Waals surface area (Å²) < 4.78 is 0. The number of anilines is 1. The minimum absolute atomic E-state index is 0.752. The first-order valence-corrected chi connectivity index (χ1v) is 4.21. The lowest BCUT2D eigenvalue weighted by Gasteiger charge is -1.93. The van der Waals surface area contributed by atoms with E-state index in [1.54, 1.807) is 17.5 Å². The largest absolute Gasteiger partial charge is 0.386 e. The number of aromatic nitrogens is 1. The Balaban J connectivity index is 2.50. The van der Waals surface area contributed by atoms with Crippen molar-refractivity contribution in [3.05, 3.63) is 23.9 Å². The molecule has 0 fully saturated rings. The number of nitrogens with zero attached hydrogens (tertiary/aromatic N) is 1. The van der Waals surface area contributed by atoms with Gasteiger partial charge in [-0.1, -0.05) is 6.58 Å². The summed E-state index contributed by atoms with van der Waals surface area (Å²) in [7, 11) is 1.86. The third-order valence-corrected chi connectivity index (χ3v) is 2.10. The highest BCUT2D eigenvalue weighted by Crippen LogP contribution is 2.13. The van der Waals surface area contributed by atoms with Crippen LogP contribution in [0, 0.1) is 0 Å². The Bertz CT molecular complexity index is 231. The summed E-state index contributed by atoms with van der Waals surface area (Å²) in [6.45, 7) is 4.30. The standard InChI is InChI=1S/C7H11N3S/c1-3-9-4-6-5-11-7(8-2)10-6/h3,5,9H,1,4H2,2H3,(H,8,10). The number of hydrogen-bond acceptors (Lipinski definition) is 4. The molecule has 0 atom stereocenters. The first-order chi connectivity index (χ1) is 5.36. The SMILES string of the molecule is C=CNCc1csc(NC)n1. The lowest BCUT2D eigenvalue weighted by Crippen LogP contribution is -2.03. The fourth-order valence-corrected chi connectivity index (χ4v) is 1.35. The molecule has 0 unspecified atom stereocenters. The molecule has 4 heteroatoms. The Morgan fingerprint density at radius 3 is 3.18 bits per heavy atom. The third kappa shape index (κ3) is 2.23. The summed E-state index contributed by atoms with van der Waals surface area (Å²) in [6, 6.07) is 0. The number of hydrogen-bond donors (Lipinski definition) is 2. The van der Waals surface area contributed by atoms with E-state index >= 15 is 0 Å². The van der Waals surface area contributed by atoms with Crippen LogP contribution in [-0.4, -0.2) is 12.0 Å². The molecule has 1 aromatic rings. The van der Waals surface area contributed by atoms with Crippen molar-refractivity contribution in [2.45, 2.75) is 6.54 Å². The van der Waals surface area contributed by atoms with E-state index in [-0.39, 0.29) is 0 Å². The number of thiazole rings is 1. The van der Waals surface area contributed by atoms with Gasteiger partial charge in [-0.05, 0) is 6.20 Å². The Morgan fingerprint density at radius 1 is 1.82 bits per heavy atom. The molecule has 11 heavy (non-hydrogen) atoms. The van der Waals surface area contributed by atoms with Crippen molar-refractivity contribution in [3.63, 3.8) is 0 Å². The van der Waals surface area contributed by atoms with E-state index in [2.05, 4.69) is 22.2 Å². The summed E-state index contributed by atoms with van der Waals surface area (Å²) in [5.41, 5.74) is 1.04. The molecule has 0 aliphatic rings. The van der Waals surface area contributed by atoms with Crippen molar-refractivity contribution in [1.29, 1.82) is 0 Å². The molecule has 0 saturated carbocycles. The van der Waals surface area contributed by atoms with Crippen molar-refractivity contribution in [1.82, 2.24) is 10.3 Å². The number of rotatable bonds is 4. The van der Waals surface area contributed by atoms with Gasteiger partial charge in [-0.25, -0.2) is 4.98 Å². The maximum Gasteiger partial charge on any atom is 0.182 e. The van der Waals surface area contributed by atoms with E-state index in [0.29, 0.717) is 0 Å². The van der Waals surface area contributed by atoms with Crippen LogP contribution < -0.4 is 10.6 Å². The molecular weight excluding hydrogens is 158 g/mol. The van der Waals surface area contributed by atoms with Crippen LogP contribution >= 0.6 is 11.3 Å². The van der Waals surface area contributed by atoms with Crippen LogP contribution in [0.1, 0.15) is 5.69 Å². The van der Waals surface area contributed by atoms with E-state index in [4.69, 9.17) is 0 Å². The number of nitrogens with one attached hydrogen (secondary N) is 2. The second-order valence-corrected chi connectivity index (χ2v) is 2.84. The maximum absolute atomic E-state index is 4.26. The molecular formula is C7H11N3S. The van der Waals surface area contributed by atoms with Gasteiger partial charge in [0, 0.05) is 12.4 Å². The van der Waals surface area contributed by atoms with E-state index < -0.39 is 0 Å². The molecule has 0 saturated heterocycles. The quantitative estimate of drug-likeness (QED) is 0.715. The normalized spacial score (nSPS) is 9.18. The zero-order chi connectivity index (χ0) is 8.10. The molecule has 0 aliphatic heterocycles. The van der Waals surface area contributed by atoms with E-state index in [1.807, 2.05) is 12.4 Å². The van der Waals surface area contributed by atoms with Gasteiger partial charge in [-0.2, -0.15) is 0 Å². The summed E-state index contributed by atoms with van der Waals surface area (Å²) in [4.78, 5) is 4.26. The van der Waals surface area contributed by atoms with Crippen molar-refractivity contribution in [2.24, 2.45) is 0 Å². The molecule has 1 aromatic heterocycles. The van der Waals surface area contributed by atoms with Crippen LogP contribution in [0.3, 0.4) is 0 Å². The monoisotopic (exact) mass is 169 g/mol. The molecule has 0 aliphatic carbocycles. The van der Waals surface area contributed by atoms with Crippen molar-refractivity contribution >= 4 is 16.5 Å². The molecule has 0 aromatic carbocycles. The van der Waals surface area contributed by atoms with Gasteiger partial charge in [0.15, 0.2) is 5.13 Å². The van der Waals surface area contributed by atoms with Crippen LogP contribution in [0.15, 0.2) is 18.2 Å². The zero-order valence-corrected chi connectivity index (χ0v) is 7.24. The Morgan fingerprint density at radius 2 is 2.64 bits per heavy atom. The first kappa shape index (κ1) is 8.07. The molecule has 0 bridgehead atoms. The molecule has 1 heterocycles. The van der Waals surface area contributed by atoms with Crippen LogP contribution in [0.4, 0.5) is 5.13 Å². The summed E-state index contributed by atoms with van der Waals surface area (Å²) in [5, 5.41) is 8.93. The molecule has 1 rings (SSSR count). The minimum Gasteiger partial charge on any atom is -0.386 e. The van der Waals surface area contributed by atoms with Crippen LogP contribution in [0.5, 0.6) is 0 Å². The second kappa shape index (κ2) is 3.98. The topological polar surface area (TPSA) is 37.0 Å². The Hall–Kier alpha value is -1.03. The van der Waals surface area contributed by atoms with Crippen LogP contribution in [0.2, 0.25) is 0 Å². The molecule has 0 amide bonds. The first-order valence-electron chi connectivity index (χ1n) is 3.33. The fraction of sp³-hybridized carbons (Fsp3) is 0.286. The highest BCUT2D eigenvalue weighted by Gasteiger charge is 1.96. The van der Waals surface area contributed by atoms with Gasteiger partial charge in [-0.15, -0.1) is 11.3 Å². The van der Waals surface area contributed by atoms with E-state index in [0.717, 1.165) is 17.4 Å². The minimum atomic E-state index is 0.752. The summed E-state index contributed by atoms with van der Waals surface area (Å²) >= 11 is 1.60. The molecule has 60 valence electrons. The lowest BCUT2D eigenvalue weighted by atomic mass is 10.5. The maximum atomic E-state index is 4.26. The third-order valence-electron chi connectivity index (χ3n) is 1.19. The van der Waals surface area contributed by atoms with Gasteiger partial charge in [0.1, 0.15) is 0 Å². The molecule has 2 N–H and O–H groups in total. The summed E-state index contributed by atoms with van der Waals surface area (Å²) in [5.74, 6) is 0. The molecule has 0 radical (unpaired) electrons. The Labute approximate surface area is 70.2 Å². The zero-order valence-electron chi connectivity index (χ0n) is 6.42. The average molecular weight is 169 g/mol. The van der Waals surface area contributed by atoms with Gasteiger partial charge in [0.2, 0.25) is 0 Å². The van der Waals surface area contributed by atoms with Gasteiger partial charge in [-0.3, -0.25) is 0 Å². The van der Waals surface area contributed by atoms with Crippen LogP contribution in [-0.2, 0) is 6.54 Å². The van der Waals surface area contributed by atoms with Crippen molar-refractivity contribution in [2.75, 3.05) is 12.4 Å². The van der Waals surface area contributed by atoms with Gasteiger partial charge >= 0.3 is 0 Å². The van der Waals surface area contributed by atoms with Crippen molar-refractivity contribution < 1.29 is 0 Å². The fourth-order valence-electron chi connectivity index (χ4n) is 0.680.